The van der Waals surface area contributed by atoms with E-state index in [9.17, 15) is 4.79 Å². The molecule has 1 atom stereocenters. The van der Waals surface area contributed by atoms with Crippen LogP contribution in [0.3, 0.4) is 0 Å². The third-order valence-electron chi connectivity index (χ3n) is 2.28. The van der Waals surface area contributed by atoms with Gasteiger partial charge in [-0.25, -0.2) is 4.98 Å². The summed E-state index contributed by atoms with van der Waals surface area (Å²) in [4.78, 5) is 20.8. The number of rotatable bonds is 6. The van der Waals surface area contributed by atoms with Crippen molar-refractivity contribution in [3.8, 4) is 5.88 Å². The first-order valence-electron chi connectivity index (χ1n) is 5.83. The predicted octanol–water partition coefficient (Wildman–Crippen LogP) is 1.42. The van der Waals surface area contributed by atoms with Crippen molar-refractivity contribution in [2.45, 2.75) is 26.9 Å². The average molecular weight is 253 g/mol. The Hall–Kier alpha value is -1.85. The highest BCUT2D eigenvalue weighted by Gasteiger charge is 2.15. The maximum Gasteiger partial charge on any atom is 0.308 e. The SMILES string of the molecule is CC(C)Oc1ccnc(N(C)CC(C)C(=O)O)n1. The molecule has 0 aliphatic rings. The Kier molecular flexibility index (Phi) is 4.88. The van der Waals surface area contributed by atoms with Gasteiger partial charge in [-0.1, -0.05) is 6.92 Å². The number of hydrogen-bond acceptors (Lipinski definition) is 5. The van der Waals surface area contributed by atoms with Crippen molar-refractivity contribution < 1.29 is 14.6 Å². The zero-order chi connectivity index (χ0) is 13.7. The number of carboxylic acids is 1. The standard InChI is InChI=1S/C12H19N3O3/c1-8(2)18-10-5-6-13-12(14-10)15(4)7-9(3)11(16)17/h5-6,8-9H,7H2,1-4H3,(H,16,17). The lowest BCUT2D eigenvalue weighted by atomic mass is 10.2. The highest BCUT2D eigenvalue weighted by atomic mass is 16.5. The summed E-state index contributed by atoms with van der Waals surface area (Å²) in [6.45, 7) is 5.82. The predicted molar refractivity (Wildman–Crippen MR) is 67.9 cm³/mol. The lowest BCUT2D eigenvalue weighted by Gasteiger charge is -2.19. The number of aliphatic carboxylic acids is 1. The number of hydrogen-bond donors (Lipinski definition) is 1. The molecular formula is C12H19N3O3. The van der Waals surface area contributed by atoms with E-state index >= 15 is 0 Å². The summed E-state index contributed by atoms with van der Waals surface area (Å²) in [5.74, 6) is -0.365. The molecule has 0 aliphatic heterocycles. The second kappa shape index (κ2) is 6.18. The van der Waals surface area contributed by atoms with Crippen LogP contribution in [0, 0.1) is 5.92 Å². The topological polar surface area (TPSA) is 75.5 Å². The minimum absolute atomic E-state index is 0.0380. The van der Waals surface area contributed by atoms with Gasteiger partial charge in [0, 0.05) is 25.9 Å². The monoisotopic (exact) mass is 253 g/mol. The Bertz CT molecular complexity index is 409. The first kappa shape index (κ1) is 14.2. The second-order valence-corrected chi connectivity index (χ2v) is 4.48. The molecule has 0 amide bonds. The van der Waals surface area contributed by atoms with E-state index in [1.165, 1.54) is 0 Å². The van der Waals surface area contributed by atoms with Gasteiger partial charge in [0.25, 0.3) is 0 Å². The lowest BCUT2D eigenvalue weighted by Crippen LogP contribution is -2.29. The number of aromatic nitrogens is 2. The van der Waals surface area contributed by atoms with Gasteiger partial charge in [0.05, 0.1) is 12.0 Å². The van der Waals surface area contributed by atoms with Gasteiger partial charge in [-0.3, -0.25) is 4.79 Å². The summed E-state index contributed by atoms with van der Waals surface area (Å²) >= 11 is 0. The molecule has 0 aromatic carbocycles. The van der Waals surface area contributed by atoms with Gasteiger partial charge in [0.1, 0.15) is 0 Å². The van der Waals surface area contributed by atoms with Crippen LogP contribution in [0.15, 0.2) is 12.3 Å². The maximum absolute atomic E-state index is 10.8. The smallest absolute Gasteiger partial charge is 0.308 e. The minimum atomic E-state index is -0.837. The summed E-state index contributed by atoms with van der Waals surface area (Å²) in [7, 11) is 1.76. The molecule has 100 valence electrons. The van der Waals surface area contributed by atoms with Crippen LogP contribution >= 0.6 is 0 Å². The van der Waals surface area contributed by atoms with E-state index in [-0.39, 0.29) is 6.10 Å². The Balaban J connectivity index is 2.73. The fourth-order valence-corrected chi connectivity index (χ4v) is 1.39. The third-order valence-corrected chi connectivity index (χ3v) is 2.28. The van der Waals surface area contributed by atoms with Gasteiger partial charge >= 0.3 is 5.97 Å². The number of anilines is 1. The maximum atomic E-state index is 10.8. The average Bonchev–Trinajstić information content (AvgIpc) is 2.28. The van der Waals surface area contributed by atoms with Crippen molar-refractivity contribution >= 4 is 11.9 Å². The molecule has 0 bridgehead atoms. The van der Waals surface area contributed by atoms with Crippen LogP contribution in [0.5, 0.6) is 5.88 Å². The van der Waals surface area contributed by atoms with Crippen LogP contribution in [0.25, 0.3) is 0 Å². The quantitative estimate of drug-likeness (QED) is 0.826. The minimum Gasteiger partial charge on any atom is -0.481 e. The molecule has 1 rings (SSSR count). The Labute approximate surface area is 107 Å². The highest BCUT2D eigenvalue weighted by molar-refractivity contribution is 5.70. The fourth-order valence-electron chi connectivity index (χ4n) is 1.39. The summed E-state index contributed by atoms with van der Waals surface area (Å²) in [5, 5.41) is 8.86. The molecule has 1 unspecified atom stereocenters. The van der Waals surface area contributed by atoms with Crippen molar-refractivity contribution in [2.75, 3.05) is 18.5 Å². The van der Waals surface area contributed by atoms with Crippen LogP contribution in [0.1, 0.15) is 20.8 Å². The molecule has 1 N–H and O–H groups in total. The van der Waals surface area contributed by atoms with E-state index < -0.39 is 11.9 Å². The summed E-state index contributed by atoms with van der Waals surface area (Å²) < 4.78 is 5.46. The molecule has 1 aromatic heterocycles. The molecule has 0 aliphatic carbocycles. The number of nitrogens with zero attached hydrogens (tertiary/aromatic N) is 3. The lowest BCUT2D eigenvalue weighted by molar-refractivity contribution is -0.140. The second-order valence-electron chi connectivity index (χ2n) is 4.48. The normalized spacial score (nSPS) is 12.3. The van der Waals surface area contributed by atoms with Gasteiger partial charge in [-0.2, -0.15) is 4.98 Å². The first-order valence-corrected chi connectivity index (χ1v) is 5.83. The van der Waals surface area contributed by atoms with E-state index in [4.69, 9.17) is 9.84 Å². The van der Waals surface area contributed by atoms with Gasteiger partial charge in [-0.15, -0.1) is 0 Å². The van der Waals surface area contributed by atoms with E-state index in [1.54, 1.807) is 31.1 Å². The largest absolute Gasteiger partial charge is 0.481 e. The number of carbonyl (C=O) groups is 1. The van der Waals surface area contributed by atoms with E-state index in [0.717, 1.165) is 0 Å². The van der Waals surface area contributed by atoms with E-state index in [0.29, 0.717) is 18.4 Å². The first-order chi connectivity index (χ1) is 8.40. The van der Waals surface area contributed by atoms with E-state index in [1.807, 2.05) is 13.8 Å². The van der Waals surface area contributed by atoms with Crippen molar-refractivity contribution in [3.63, 3.8) is 0 Å². The van der Waals surface area contributed by atoms with Crippen LogP contribution in [0.4, 0.5) is 5.95 Å². The zero-order valence-corrected chi connectivity index (χ0v) is 11.1. The van der Waals surface area contributed by atoms with Crippen molar-refractivity contribution in [1.29, 1.82) is 0 Å². The highest BCUT2D eigenvalue weighted by Crippen LogP contribution is 2.13. The van der Waals surface area contributed by atoms with Gasteiger partial charge in [-0.05, 0) is 13.8 Å². The molecule has 0 saturated heterocycles. The van der Waals surface area contributed by atoms with Gasteiger partial charge < -0.3 is 14.7 Å². The number of ether oxygens (including phenoxy) is 1. The molecular weight excluding hydrogens is 234 g/mol. The van der Waals surface area contributed by atoms with Crippen LogP contribution < -0.4 is 9.64 Å². The van der Waals surface area contributed by atoms with Crippen LogP contribution in [-0.2, 0) is 4.79 Å². The number of carboxylic acid groups (broad SMARTS) is 1. The molecule has 0 saturated carbocycles. The van der Waals surface area contributed by atoms with Crippen LogP contribution in [0.2, 0.25) is 0 Å². The zero-order valence-electron chi connectivity index (χ0n) is 11.1. The molecule has 0 fully saturated rings. The Morgan fingerprint density at radius 3 is 2.72 bits per heavy atom. The Morgan fingerprint density at radius 2 is 2.17 bits per heavy atom. The molecule has 1 heterocycles. The molecule has 6 heteroatoms. The summed E-state index contributed by atoms with van der Waals surface area (Å²) in [6.07, 6.45) is 1.64. The molecule has 1 aromatic rings. The molecule has 0 spiro atoms. The van der Waals surface area contributed by atoms with Crippen molar-refractivity contribution in [1.82, 2.24) is 9.97 Å². The summed E-state index contributed by atoms with van der Waals surface area (Å²) in [6, 6.07) is 1.68. The third kappa shape index (κ3) is 4.20. The molecule has 0 radical (unpaired) electrons. The summed E-state index contributed by atoms with van der Waals surface area (Å²) in [5.41, 5.74) is 0. The molecule has 6 nitrogen and oxygen atoms in total. The van der Waals surface area contributed by atoms with Crippen molar-refractivity contribution in [2.24, 2.45) is 5.92 Å². The van der Waals surface area contributed by atoms with Gasteiger partial charge in [0.2, 0.25) is 11.8 Å². The molecule has 18 heavy (non-hydrogen) atoms. The fraction of sp³-hybridized carbons (Fsp3) is 0.583. The Morgan fingerprint density at radius 1 is 1.50 bits per heavy atom. The van der Waals surface area contributed by atoms with Gasteiger partial charge in [0.15, 0.2) is 0 Å². The van der Waals surface area contributed by atoms with Crippen molar-refractivity contribution in [3.05, 3.63) is 12.3 Å². The van der Waals surface area contributed by atoms with E-state index in [2.05, 4.69) is 9.97 Å². The van der Waals surface area contributed by atoms with Crippen LogP contribution in [-0.4, -0.2) is 40.7 Å².